The van der Waals surface area contributed by atoms with Gasteiger partial charge in [-0.15, -0.1) is 0 Å². The molecule has 1 fully saturated rings. The number of ether oxygens (including phenoxy) is 1. The summed E-state index contributed by atoms with van der Waals surface area (Å²) in [5.74, 6) is 0. The molecule has 1 rings (SSSR count). The molecule has 72 valence electrons. The number of hydrogen-bond acceptors (Lipinski definition) is 3. The third-order valence-corrected chi connectivity index (χ3v) is 1.92. The van der Waals surface area contributed by atoms with Gasteiger partial charge in [0.1, 0.15) is 0 Å². The van der Waals surface area contributed by atoms with Gasteiger partial charge in [-0.2, -0.15) is 0 Å². The topological polar surface area (TPSA) is 36.0 Å². The van der Waals surface area contributed by atoms with E-state index >= 15 is 0 Å². The molecule has 0 aromatic rings. The molecular weight excluding hydrogens is 154 g/mol. The van der Waals surface area contributed by atoms with E-state index in [-0.39, 0.29) is 0 Å². The molecule has 0 radical (unpaired) electrons. The van der Waals surface area contributed by atoms with Crippen molar-refractivity contribution in [1.82, 2.24) is 4.90 Å². The Morgan fingerprint density at radius 3 is 2.50 bits per heavy atom. The minimum atomic E-state index is -0.592. The normalized spacial score (nSPS) is 23.2. The average molecular weight is 173 g/mol. The lowest BCUT2D eigenvalue weighted by Gasteiger charge is -2.27. The molecule has 0 spiro atoms. The highest BCUT2D eigenvalue weighted by Gasteiger charge is 2.27. The second-order valence-corrected chi connectivity index (χ2v) is 4.10. The van der Waals surface area contributed by atoms with Gasteiger partial charge in [0.2, 0.25) is 0 Å². The van der Waals surface area contributed by atoms with Crippen molar-refractivity contribution >= 4 is 0 Å². The zero-order chi connectivity index (χ0) is 9.19. The summed E-state index contributed by atoms with van der Waals surface area (Å²) in [6.07, 6.45) is 0.423. The van der Waals surface area contributed by atoms with Gasteiger partial charge in [-0.3, -0.25) is 4.90 Å². The Morgan fingerprint density at radius 2 is 2.17 bits per heavy atom. The Balaban J connectivity index is 2.23. The van der Waals surface area contributed by atoms with Gasteiger partial charge in [0.15, 0.2) is 0 Å². The molecule has 1 aliphatic heterocycles. The van der Waals surface area contributed by atoms with Crippen molar-refractivity contribution in [1.29, 1.82) is 0 Å². The van der Waals surface area contributed by atoms with Crippen molar-refractivity contribution in [3.05, 3.63) is 0 Å². The van der Waals surface area contributed by atoms with Crippen LogP contribution in [-0.2, 0) is 4.74 Å². The van der Waals surface area contributed by atoms with E-state index in [4.69, 9.17) is 4.74 Å². The molecular formula is C9H19NO2. The van der Waals surface area contributed by atoms with Crippen molar-refractivity contribution in [2.75, 3.05) is 26.2 Å². The van der Waals surface area contributed by atoms with Gasteiger partial charge in [0.05, 0.1) is 18.3 Å². The van der Waals surface area contributed by atoms with E-state index < -0.39 is 5.60 Å². The highest BCUT2D eigenvalue weighted by Crippen LogP contribution is 2.13. The summed E-state index contributed by atoms with van der Waals surface area (Å²) in [7, 11) is 0. The van der Waals surface area contributed by atoms with Crippen molar-refractivity contribution < 1.29 is 9.84 Å². The minimum absolute atomic E-state index is 0.423. The van der Waals surface area contributed by atoms with Gasteiger partial charge in [0.25, 0.3) is 0 Å². The fourth-order valence-electron chi connectivity index (χ4n) is 1.31. The minimum Gasteiger partial charge on any atom is -0.389 e. The summed E-state index contributed by atoms with van der Waals surface area (Å²) < 4.78 is 5.13. The fourth-order valence-corrected chi connectivity index (χ4v) is 1.31. The van der Waals surface area contributed by atoms with Gasteiger partial charge in [-0.1, -0.05) is 6.92 Å². The SMILES string of the molecule is CCN(CC1CO1)CC(C)(C)O. The molecule has 0 aromatic carbocycles. The van der Waals surface area contributed by atoms with Crippen LogP contribution in [0.2, 0.25) is 0 Å². The maximum atomic E-state index is 9.57. The zero-order valence-electron chi connectivity index (χ0n) is 8.21. The Labute approximate surface area is 74.3 Å². The van der Waals surface area contributed by atoms with E-state index in [1.807, 2.05) is 13.8 Å². The second kappa shape index (κ2) is 3.73. The van der Waals surface area contributed by atoms with E-state index in [0.717, 1.165) is 26.2 Å². The van der Waals surface area contributed by atoms with Gasteiger partial charge in [0, 0.05) is 13.1 Å². The quantitative estimate of drug-likeness (QED) is 0.614. The van der Waals surface area contributed by atoms with Crippen molar-refractivity contribution in [2.45, 2.75) is 32.5 Å². The van der Waals surface area contributed by atoms with Crippen molar-refractivity contribution in [2.24, 2.45) is 0 Å². The van der Waals surface area contributed by atoms with Crippen LogP contribution in [-0.4, -0.2) is 48.0 Å². The molecule has 1 saturated heterocycles. The highest BCUT2D eigenvalue weighted by molar-refractivity contribution is 4.78. The summed E-state index contributed by atoms with van der Waals surface area (Å²) in [4.78, 5) is 2.22. The van der Waals surface area contributed by atoms with Crippen LogP contribution in [0.25, 0.3) is 0 Å². The Morgan fingerprint density at radius 1 is 1.58 bits per heavy atom. The monoisotopic (exact) mass is 173 g/mol. The lowest BCUT2D eigenvalue weighted by Crippen LogP contribution is -2.40. The van der Waals surface area contributed by atoms with Crippen molar-refractivity contribution in [3.8, 4) is 0 Å². The number of epoxide rings is 1. The van der Waals surface area contributed by atoms with E-state index in [1.165, 1.54) is 0 Å². The van der Waals surface area contributed by atoms with Crippen LogP contribution in [0.3, 0.4) is 0 Å². The van der Waals surface area contributed by atoms with Crippen LogP contribution in [0.5, 0.6) is 0 Å². The fraction of sp³-hybridized carbons (Fsp3) is 1.00. The number of likely N-dealkylation sites (N-methyl/N-ethyl adjacent to an activating group) is 1. The third kappa shape index (κ3) is 4.04. The highest BCUT2D eigenvalue weighted by atomic mass is 16.6. The molecule has 3 nitrogen and oxygen atoms in total. The molecule has 0 saturated carbocycles. The first-order valence-corrected chi connectivity index (χ1v) is 4.57. The summed E-state index contributed by atoms with van der Waals surface area (Å²) in [6.45, 7) is 9.33. The largest absolute Gasteiger partial charge is 0.389 e. The number of hydrogen-bond donors (Lipinski definition) is 1. The molecule has 12 heavy (non-hydrogen) atoms. The Hall–Kier alpha value is -0.120. The Bertz CT molecular complexity index is 138. The first-order chi connectivity index (χ1) is 5.51. The maximum absolute atomic E-state index is 9.57. The number of aliphatic hydroxyl groups is 1. The van der Waals surface area contributed by atoms with E-state index in [1.54, 1.807) is 0 Å². The number of rotatable bonds is 5. The summed E-state index contributed by atoms with van der Waals surface area (Å²) in [5, 5.41) is 9.57. The molecule has 1 unspecified atom stereocenters. The van der Waals surface area contributed by atoms with E-state index in [0.29, 0.717) is 6.10 Å². The second-order valence-electron chi connectivity index (χ2n) is 4.10. The van der Waals surface area contributed by atoms with Crippen LogP contribution in [0.15, 0.2) is 0 Å². The van der Waals surface area contributed by atoms with Crippen LogP contribution < -0.4 is 0 Å². The predicted molar refractivity (Wildman–Crippen MR) is 48.2 cm³/mol. The van der Waals surface area contributed by atoms with Crippen LogP contribution in [0.1, 0.15) is 20.8 Å². The lowest BCUT2D eigenvalue weighted by atomic mass is 10.1. The molecule has 1 atom stereocenters. The van der Waals surface area contributed by atoms with E-state index in [2.05, 4.69) is 11.8 Å². The maximum Gasteiger partial charge on any atom is 0.0936 e. The summed E-state index contributed by atoms with van der Waals surface area (Å²) in [5.41, 5.74) is -0.592. The van der Waals surface area contributed by atoms with Gasteiger partial charge in [-0.05, 0) is 20.4 Å². The molecule has 0 bridgehead atoms. The predicted octanol–water partition coefficient (Wildman–Crippen LogP) is 0.478. The zero-order valence-corrected chi connectivity index (χ0v) is 8.21. The molecule has 0 aliphatic carbocycles. The standard InChI is InChI=1S/C9H19NO2/c1-4-10(5-8-6-12-8)7-9(2,3)11/h8,11H,4-7H2,1-3H3. The number of nitrogens with zero attached hydrogens (tertiary/aromatic N) is 1. The first-order valence-electron chi connectivity index (χ1n) is 4.57. The van der Waals surface area contributed by atoms with Crippen LogP contribution in [0.4, 0.5) is 0 Å². The smallest absolute Gasteiger partial charge is 0.0936 e. The summed E-state index contributed by atoms with van der Waals surface area (Å²) in [6, 6.07) is 0. The molecule has 1 N–H and O–H groups in total. The van der Waals surface area contributed by atoms with Crippen LogP contribution >= 0.6 is 0 Å². The van der Waals surface area contributed by atoms with E-state index in [9.17, 15) is 5.11 Å². The van der Waals surface area contributed by atoms with Crippen molar-refractivity contribution in [3.63, 3.8) is 0 Å². The van der Waals surface area contributed by atoms with Gasteiger partial charge < -0.3 is 9.84 Å². The van der Waals surface area contributed by atoms with Gasteiger partial charge in [-0.25, -0.2) is 0 Å². The Kier molecular flexibility index (Phi) is 3.09. The average Bonchev–Trinajstić information content (AvgIpc) is 2.67. The third-order valence-electron chi connectivity index (χ3n) is 1.92. The molecule has 1 heterocycles. The molecule has 1 aliphatic rings. The molecule has 3 heteroatoms. The summed E-state index contributed by atoms with van der Waals surface area (Å²) >= 11 is 0. The molecule has 0 aromatic heterocycles. The lowest BCUT2D eigenvalue weighted by molar-refractivity contribution is 0.0359. The first kappa shape index (κ1) is 9.96. The van der Waals surface area contributed by atoms with Gasteiger partial charge >= 0.3 is 0 Å². The molecule has 0 amide bonds. The van der Waals surface area contributed by atoms with Crippen LogP contribution in [0, 0.1) is 0 Å².